The molecule has 0 bridgehead atoms. The number of amides is 1. The summed E-state index contributed by atoms with van der Waals surface area (Å²) in [5.74, 6) is -0.659. The highest BCUT2D eigenvalue weighted by Crippen LogP contribution is 2.09. The lowest BCUT2D eigenvalue weighted by atomic mass is 10.0. The van der Waals surface area contributed by atoms with Crippen molar-refractivity contribution in [1.29, 1.82) is 0 Å². The van der Waals surface area contributed by atoms with Crippen LogP contribution in [0.3, 0.4) is 0 Å². The molecule has 1 heterocycles. The van der Waals surface area contributed by atoms with Gasteiger partial charge in [-0.05, 0) is 32.5 Å². The first-order valence-electron chi connectivity index (χ1n) is 5.56. The van der Waals surface area contributed by atoms with Crippen LogP contribution in [0, 0.1) is 0 Å². The molecule has 88 valence electrons. The largest absolute Gasteiger partial charge is 0.382 e. The Labute approximate surface area is 90.6 Å². The molecule has 0 radical (unpaired) electrons. The van der Waals surface area contributed by atoms with E-state index < -0.39 is 12.0 Å². The zero-order valence-electron chi connectivity index (χ0n) is 9.28. The topological polar surface area (TPSA) is 78.6 Å². The number of rotatable bonds is 5. The van der Waals surface area contributed by atoms with E-state index >= 15 is 0 Å². The first kappa shape index (κ1) is 12.4. The van der Waals surface area contributed by atoms with E-state index in [-0.39, 0.29) is 6.54 Å². The standard InChI is InChI=1S/C10H21N3O2/c1-2-13-5-3-8(4-6-13)12-7-9(14)10(11)15/h8-9,12,14H,2-7H2,1H3,(H2,11,15). The van der Waals surface area contributed by atoms with Gasteiger partial charge in [0.05, 0.1) is 0 Å². The third-order valence-corrected chi connectivity index (χ3v) is 2.96. The molecule has 0 saturated carbocycles. The van der Waals surface area contributed by atoms with E-state index in [0.717, 1.165) is 32.5 Å². The van der Waals surface area contributed by atoms with Crippen LogP contribution in [-0.4, -0.2) is 54.2 Å². The number of aliphatic hydroxyl groups excluding tert-OH is 1. The van der Waals surface area contributed by atoms with Gasteiger partial charge in [0.25, 0.3) is 0 Å². The van der Waals surface area contributed by atoms with Crippen LogP contribution >= 0.6 is 0 Å². The molecule has 4 N–H and O–H groups in total. The van der Waals surface area contributed by atoms with Crippen LogP contribution in [0.15, 0.2) is 0 Å². The Hall–Kier alpha value is -0.650. The molecule has 5 nitrogen and oxygen atoms in total. The normalized spacial score (nSPS) is 21.5. The van der Waals surface area contributed by atoms with E-state index in [4.69, 9.17) is 5.73 Å². The van der Waals surface area contributed by atoms with E-state index in [2.05, 4.69) is 17.1 Å². The van der Waals surface area contributed by atoms with Gasteiger partial charge in [0, 0.05) is 12.6 Å². The molecule has 1 amide bonds. The maximum Gasteiger partial charge on any atom is 0.247 e. The summed E-state index contributed by atoms with van der Waals surface area (Å²) >= 11 is 0. The van der Waals surface area contributed by atoms with Crippen LogP contribution < -0.4 is 11.1 Å². The highest BCUT2D eigenvalue weighted by atomic mass is 16.3. The van der Waals surface area contributed by atoms with Gasteiger partial charge in [-0.2, -0.15) is 0 Å². The van der Waals surface area contributed by atoms with E-state index in [0.29, 0.717) is 6.04 Å². The molecule has 1 unspecified atom stereocenters. The summed E-state index contributed by atoms with van der Waals surface area (Å²) in [4.78, 5) is 13.0. The van der Waals surface area contributed by atoms with Gasteiger partial charge in [-0.1, -0.05) is 6.92 Å². The third kappa shape index (κ3) is 4.15. The summed E-state index contributed by atoms with van der Waals surface area (Å²) in [5.41, 5.74) is 4.96. The number of hydrogen-bond donors (Lipinski definition) is 3. The monoisotopic (exact) mass is 215 g/mol. The lowest BCUT2D eigenvalue weighted by Crippen LogP contribution is -2.46. The van der Waals surface area contributed by atoms with Crippen molar-refractivity contribution in [2.75, 3.05) is 26.2 Å². The predicted octanol–water partition coefficient (Wildman–Crippen LogP) is -1.09. The lowest BCUT2D eigenvalue weighted by Gasteiger charge is -2.31. The van der Waals surface area contributed by atoms with Crippen molar-refractivity contribution >= 4 is 5.91 Å². The van der Waals surface area contributed by atoms with Crippen LogP contribution in [0.4, 0.5) is 0 Å². The Morgan fingerprint density at radius 3 is 2.67 bits per heavy atom. The molecule has 0 aromatic carbocycles. The fourth-order valence-electron chi connectivity index (χ4n) is 1.83. The Morgan fingerprint density at radius 1 is 1.60 bits per heavy atom. The zero-order chi connectivity index (χ0) is 11.3. The first-order chi connectivity index (χ1) is 7.13. The molecule has 0 aromatic heterocycles. The van der Waals surface area contributed by atoms with Gasteiger partial charge in [0.1, 0.15) is 6.10 Å². The maximum absolute atomic E-state index is 10.6. The van der Waals surface area contributed by atoms with Gasteiger partial charge >= 0.3 is 0 Å². The molecule has 1 fully saturated rings. The number of hydrogen-bond acceptors (Lipinski definition) is 4. The molecule has 5 heteroatoms. The number of nitrogens with zero attached hydrogens (tertiary/aromatic N) is 1. The van der Waals surface area contributed by atoms with Crippen molar-refractivity contribution in [3.63, 3.8) is 0 Å². The van der Waals surface area contributed by atoms with Gasteiger partial charge in [-0.15, -0.1) is 0 Å². The summed E-state index contributed by atoms with van der Waals surface area (Å²) in [7, 11) is 0. The average Bonchev–Trinajstić information content (AvgIpc) is 2.26. The highest BCUT2D eigenvalue weighted by Gasteiger charge is 2.19. The molecular formula is C10H21N3O2. The maximum atomic E-state index is 10.6. The number of carbonyl (C=O) groups excluding carboxylic acids is 1. The average molecular weight is 215 g/mol. The van der Waals surface area contributed by atoms with Crippen LogP contribution in [0.25, 0.3) is 0 Å². The van der Waals surface area contributed by atoms with Crippen LogP contribution in [0.2, 0.25) is 0 Å². The minimum atomic E-state index is -1.06. The highest BCUT2D eigenvalue weighted by molar-refractivity contribution is 5.78. The van der Waals surface area contributed by atoms with E-state index in [1.807, 2.05) is 0 Å². The number of carbonyl (C=O) groups is 1. The summed E-state index contributed by atoms with van der Waals surface area (Å²) in [6.07, 6.45) is 1.08. The second-order valence-corrected chi connectivity index (χ2v) is 4.03. The molecule has 0 spiro atoms. The zero-order valence-corrected chi connectivity index (χ0v) is 9.28. The summed E-state index contributed by atoms with van der Waals surface area (Å²) < 4.78 is 0. The molecule has 1 aliphatic heterocycles. The Balaban J connectivity index is 2.16. The molecule has 1 saturated heterocycles. The van der Waals surface area contributed by atoms with Gasteiger partial charge in [-0.25, -0.2) is 0 Å². The van der Waals surface area contributed by atoms with Crippen LogP contribution in [0.5, 0.6) is 0 Å². The molecule has 1 atom stereocenters. The number of aliphatic hydroxyl groups is 1. The Bertz CT molecular complexity index is 203. The summed E-state index contributed by atoms with van der Waals surface area (Å²) in [6, 6.07) is 0.404. The second kappa shape index (κ2) is 6.05. The molecule has 1 aliphatic rings. The van der Waals surface area contributed by atoms with E-state index in [1.165, 1.54) is 0 Å². The predicted molar refractivity (Wildman–Crippen MR) is 58.3 cm³/mol. The SMILES string of the molecule is CCN1CCC(NCC(O)C(N)=O)CC1. The van der Waals surface area contributed by atoms with E-state index in [1.54, 1.807) is 0 Å². The fraction of sp³-hybridized carbons (Fsp3) is 0.900. The van der Waals surface area contributed by atoms with Crippen molar-refractivity contribution in [2.24, 2.45) is 5.73 Å². The summed E-state index contributed by atoms with van der Waals surface area (Å²) in [5, 5.41) is 12.4. The van der Waals surface area contributed by atoms with Gasteiger partial charge < -0.3 is 21.1 Å². The summed E-state index contributed by atoms with van der Waals surface area (Å²) in [6.45, 7) is 5.69. The molecule has 1 rings (SSSR count). The first-order valence-corrected chi connectivity index (χ1v) is 5.56. The lowest BCUT2D eigenvalue weighted by molar-refractivity contribution is -0.125. The van der Waals surface area contributed by atoms with Crippen molar-refractivity contribution in [2.45, 2.75) is 31.9 Å². The van der Waals surface area contributed by atoms with Crippen molar-refractivity contribution in [3.05, 3.63) is 0 Å². The van der Waals surface area contributed by atoms with Gasteiger partial charge in [-0.3, -0.25) is 4.79 Å². The molecule has 0 aromatic rings. The van der Waals surface area contributed by atoms with Crippen molar-refractivity contribution < 1.29 is 9.90 Å². The Kier molecular flexibility index (Phi) is 5.01. The number of nitrogens with one attached hydrogen (secondary N) is 1. The number of primary amides is 1. The fourth-order valence-corrected chi connectivity index (χ4v) is 1.83. The smallest absolute Gasteiger partial charge is 0.247 e. The van der Waals surface area contributed by atoms with Crippen LogP contribution in [0.1, 0.15) is 19.8 Å². The molecule has 0 aliphatic carbocycles. The molecule has 15 heavy (non-hydrogen) atoms. The number of piperidine rings is 1. The second-order valence-electron chi connectivity index (χ2n) is 4.03. The third-order valence-electron chi connectivity index (χ3n) is 2.96. The van der Waals surface area contributed by atoms with Crippen LogP contribution in [-0.2, 0) is 4.79 Å². The Morgan fingerprint density at radius 2 is 2.20 bits per heavy atom. The number of likely N-dealkylation sites (tertiary alicyclic amines) is 1. The van der Waals surface area contributed by atoms with Gasteiger partial charge in [0.2, 0.25) is 5.91 Å². The minimum absolute atomic E-state index is 0.270. The van der Waals surface area contributed by atoms with Crippen molar-refractivity contribution in [3.8, 4) is 0 Å². The quantitative estimate of drug-likeness (QED) is 0.544. The number of nitrogens with two attached hydrogens (primary N) is 1. The van der Waals surface area contributed by atoms with Crippen molar-refractivity contribution in [1.82, 2.24) is 10.2 Å². The van der Waals surface area contributed by atoms with Gasteiger partial charge in [0.15, 0.2) is 0 Å². The van der Waals surface area contributed by atoms with E-state index in [9.17, 15) is 9.90 Å². The molecular weight excluding hydrogens is 194 g/mol. The minimum Gasteiger partial charge on any atom is -0.382 e.